The quantitative estimate of drug-likeness (QED) is 0.912. The fourth-order valence-electron chi connectivity index (χ4n) is 1.54. The van der Waals surface area contributed by atoms with E-state index >= 15 is 0 Å². The minimum atomic E-state index is -0.864. The summed E-state index contributed by atoms with van der Waals surface area (Å²) in [5.41, 5.74) is 1.25. The second-order valence-electron chi connectivity index (χ2n) is 3.92. The minimum absolute atomic E-state index is 0.0155. The maximum absolute atomic E-state index is 13.1. The van der Waals surface area contributed by atoms with E-state index in [0.29, 0.717) is 28.7 Å². The monoisotopic (exact) mass is 281 g/mol. The Morgan fingerprint density at radius 3 is 3.00 bits per heavy atom. The molecule has 1 aromatic carbocycles. The number of nitrogens with zero attached hydrogens (tertiary/aromatic N) is 1. The molecule has 6 heteroatoms. The minimum Gasteiger partial charge on any atom is -0.481 e. The lowest BCUT2D eigenvalue weighted by atomic mass is 10.2. The van der Waals surface area contributed by atoms with Gasteiger partial charge in [-0.15, -0.1) is 11.8 Å². The summed E-state index contributed by atoms with van der Waals surface area (Å²) in [6.07, 6.45) is 0. The number of thioether (sulfide) groups is 1. The van der Waals surface area contributed by atoms with Gasteiger partial charge >= 0.3 is 5.97 Å². The fraction of sp³-hybridized carbons (Fsp3) is 0.231. The van der Waals surface area contributed by atoms with Crippen molar-refractivity contribution >= 4 is 17.7 Å². The molecule has 0 atom stereocenters. The third-order valence-corrected chi connectivity index (χ3v) is 3.36. The van der Waals surface area contributed by atoms with Gasteiger partial charge in [-0.3, -0.25) is 4.79 Å². The zero-order valence-corrected chi connectivity index (χ0v) is 11.0. The molecule has 1 heterocycles. The van der Waals surface area contributed by atoms with Crippen molar-refractivity contribution in [2.24, 2.45) is 0 Å². The van der Waals surface area contributed by atoms with Crippen molar-refractivity contribution in [2.45, 2.75) is 12.7 Å². The van der Waals surface area contributed by atoms with Crippen LogP contribution in [0.4, 0.5) is 4.39 Å². The van der Waals surface area contributed by atoms with E-state index in [0.717, 1.165) is 0 Å². The zero-order valence-electron chi connectivity index (χ0n) is 10.2. The number of carbonyl (C=O) groups is 1. The maximum Gasteiger partial charge on any atom is 0.313 e. The van der Waals surface area contributed by atoms with Gasteiger partial charge in [0.25, 0.3) is 0 Å². The maximum atomic E-state index is 13.1. The zero-order chi connectivity index (χ0) is 13.8. The van der Waals surface area contributed by atoms with Crippen LogP contribution in [-0.4, -0.2) is 21.8 Å². The third-order valence-electron chi connectivity index (χ3n) is 2.43. The highest BCUT2D eigenvalue weighted by Crippen LogP contribution is 2.24. The standard InChI is InChI=1S/C13H12FNO3S/c1-8-11(6-19-7-12(16)17)15-13(18-8)9-3-2-4-10(14)5-9/h2-5H,6-7H2,1H3,(H,16,17). The SMILES string of the molecule is Cc1oc(-c2cccc(F)c2)nc1CSCC(=O)O. The molecule has 0 spiro atoms. The predicted molar refractivity (Wildman–Crippen MR) is 70.4 cm³/mol. The highest BCUT2D eigenvalue weighted by atomic mass is 32.2. The Morgan fingerprint density at radius 2 is 2.32 bits per heavy atom. The number of halogens is 1. The molecule has 2 rings (SSSR count). The third kappa shape index (κ3) is 3.57. The molecule has 1 aromatic heterocycles. The van der Waals surface area contributed by atoms with Crippen LogP contribution in [0.25, 0.3) is 11.5 Å². The van der Waals surface area contributed by atoms with Crippen molar-refractivity contribution < 1.29 is 18.7 Å². The summed E-state index contributed by atoms with van der Waals surface area (Å²) < 4.78 is 18.6. The highest BCUT2D eigenvalue weighted by Gasteiger charge is 2.12. The Morgan fingerprint density at radius 1 is 1.53 bits per heavy atom. The number of hydrogen-bond donors (Lipinski definition) is 1. The van der Waals surface area contributed by atoms with Gasteiger partial charge in [0.1, 0.15) is 11.6 Å². The molecule has 0 radical (unpaired) electrons. The molecular weight excluding hydrogens is 269 g/mol. The van der Waals surface area contributed by atoms with E-state index in [1.54, 1.807) is 19.1 Å². The van der Waals surface area contributed by atoms with E-state index < -0.39 is 5.97 Å². The van der Waals surface area contributed by atoms with E-state index in [2.05, 4.69) is 4.98 Å². The number of aryl methyl sites for hydroxylation is 1. The number of aromatic nitrogens is 1. The summed E-state index contributed by atoms with van der Waals surface area (Å²) in [5, 5.41) is 8.57. The van der Waals surface area contributed by atoms with Gasteiger partial charge in [0, 0.05) is 11.3 Å². The summed E-state index contributed by atoms with van der Waals surface area (Å²) >= 11 is 1.24. The first kappa shape index (κ1) is 13.6. The van der Waals surface area contributed by atoms with Crippen molar-refractivity contribution in [1.29, 1.82) is 0 Å². The Balaban J connectivity index is 2.14. The number of aliphatic carboxylic acids is 1. The van der Waals surface area contributed by atoms with E-state index in [1.165, 1.54) is 23.9 Å². The van der Waals surface area contributed by atoms with Gasteiger partial charge in [-0.25, -0.2) is 9.37 Å². The van der Waals surface area contributed by atoms with Crippen molar-refractivity contribution in [3.05, 3.63) is 41.5 Å². The fourth-order valence-corrected chi connectivity index (χ4v) is 2.28. The lowest BCUT2D eigenvalue weighted by Gasteiger charge is -1.95. The topological polar surface area (TPSA) is 63.3 Å². The van der Waals surface area contributed by atoms with Gasteiger partial charge in [-0.2, -0.15) is 0 Å². The van der Waals surface area contributed by atoms with Crippen LogP contribution in [-0.2, 0) is 10.5 Å². The Labute approximate surface area is 113 Å². The summed E-state index contributed by atoms with van der Waals surface area (Å²) in [6, 6.07) is 5.99. The van der Waals surface area contributed by atoms with Crippen molar-refractivity contribution in [3.63, 3.8) is 0 Å². The van der Waals surface area contributed by atoms with Crippen LogP contribution in [0.5, 0.6) is 0 Å². The lowest BCUT2D eigenvalue weighted by Crippen LogP contribution is -1.98. The second kappa shape index (κ2) is 5.88. The van der Waals surface area contributed by atoms with Crippen molar-refractivity contribution in [2.75, 3.05) is 5.75 Å². The Kier molecular flexibility index (Phi) is 4.21. The van der Waals surface area contributed by atoms with Gasteiger partial charge in [0.15, 0.2) is 0 Å². The lowest BCUT2D eigenvalue weighted by molar-refractivity contribution is -0.133. The van der Waals surface area contributed by atoms with E-state index in [9.17, 15) is 9.18 Å². The van der Waals surface area contributed by atoms with Crippen LogP contribution in [0.1, 0.15) is 11.5 Å². The molecule has 0 aliphatic heterocycles. The average molecular weight is 281 g/mol. The van der Waals surface area contributed by atoms with E-state index in [1.807, 2.05) is 0 Å². The first-order valence-electron chi connectivity index (χ1n) is 5.58. The molecule has 0 fully saturated rings. The second-order valence-corrected chi connectivity index (χ2v) is 4.90. The highest BCUT2D eigenvalue weighted by molar-refractivity contribution is 7.99. The summed E-state index contributed by atoms with van der Waals surface area (Å²) in [7, 11) is 0. The smallest absolute Gasteiger partial charge is 0.313 e. The van der Waals surface area contributed by atoms with Gasteiger partial charge < -0.3 is 9.52 Å². The normalized spacial score (nSPS) is 10.6. The molecule has 0 amide bonds. The van der Waals surface area contributed by atoms with Gasteiger partial charge in [0.05, 0.1) is 11.4 Å². The van der Waals surface area contributed by atoms with Crippen LogP contribution in [0.2, 0.25) is 0 Å². The molecule has 2 aromatic rings. The number of rotatable bonds is 5. The molecule has 0 aliphatic rings. The largest absolute Gasteiger partial charge is 0.481 e. The molecule has 1 N–H and O–H groups in total. The molecule has 0 saturated carbocycles. The Bertz CT molecular complexity index is 597. The van der Waals surface area contributed by atoms with Crippen LogP contribution in [0.15, 0.2) is 28.7 Å². The predicted octanol–water partition coefficient (Wildman–Crippen LogP) is 3.11. The van der Waals surface area contributed by atoms with Crippen LogP contribution >= 0.6 is 11.8 Å². The molecule has 19 heavy (non-hydrogen) atoms. The van der Waals surface area contributed by atoms with Crippen molar-refractivity contribution in [1.82, 2.24) is 4.98 Å². The molecule has 4 nitrogen and oxygen atoms in total. The van der Waals surface area contributed by atoms with Gasteiger partial charge in [-0.1, -0.05) is 6.07 Å². The Hall–Kier alpha value is -1.82. The molecule has 0 saturated heterocycles. The molecule has 100 valence electrons. The number of carboxylic acid groups (broad SMARTS) is 1. The molecular formula is C13H12FNO3S. The number of hydrogen-bond acceptors (Lipinski definition) is 4. The van der Waals surface area contributed by atoms with Gasteiger partial charge in [-0.05, 0) is 25.1 Å². The molecule has 0 bridgehead atoms. The molecule has 0 aliphatic carbocycles. The van der Waals surface area contributed by atoms with Crippen LogP contribution < -0.4 is 0 Å². The summed E-state index contributed by atoms with van der Waals surface area (Å²) in [5.74, 6) is 0.227. The number of benzene rings is 1. The van der Waals surface area contributed by atoms with Crippen LogP contribution in [0.3, 0.4) is 0 Å². The van der Waals surface area contributed by atoms with Crippen LogP contribution in [0, 0.1) is 12.7 Å². The van der Waals surface area contributed by atoms with Gasteiger partial charge in [0.2, 0.25) is 5.89 Å². The van der Waals surface area contributed by atoms with Crippen molar-refractivity contribution in [3.8, 4) is 11.5 Å². The first-order chi connectivity index (χ1) is 9.06. The summed E-state index contributed by atoms with van der Waals surface area (Å²) in [4.78, 5) is 14.7. The van der Waals surface area contributed by atoms with E-state index in [4.69, 9.17) is 9.52 Å². The molecule has 0 unspecified atom stereocenters. The average Bonchev–Trinajstić information content (AvgIpc) is 2.71. The number of carboxylic acids is 1. The van der Waals surface area contributed by atoms with E-state index in [-0.39, 0.29) is 11.6 Å². The first-order valence-corrected chi connectivity index (χ1v) is 6.73. The number of oxazole rings is 1. The summed E-state index contributed by atoms with van der Waals surface area (Å²) in [6.45, 7) is 1.76.